The molecular weight excluding hydrogens is 288 g/mol. The lowest BCUT2D eigenvalue weighted by Gasteiger charge is -2.18. The van der Waals surface area contributed by atoms with E-state index in [9.17, 15) is 4.79 Å². The van der Waals surface area contributed by atoms with Crippen molar-refractivity contribution in [1.82, 2.24) is 0 Å². The molecule has 126 valence electrons. The van der Waals surface area contributed by atoms with E-state index in [1.165, 1.54) is 12.8 Å². The van der Waals surface area contributed by atoms with Crippen molar-refractivity contribution < 1.29 is 14.3 Å². The second kappa shape index (κ2) is 8.76. The minimum Gasteiger partial charge on any atom is -0.493 e. The Morgan fingerprint density at radius 3 is 2.39 bits per heavy atom. The molecule has 0 saturated heterocycles. The number of hydrogen-bond acceptors (Lipinski definition) is 3. The summed E-state index contributed by atoms with van der Waals surface area (Å²) < 4.78 is 11.5. The second-order valence-corrected chi connectivity index (χ2v) is 5.88. The number of allylic oxidation sites excluding steroid dienone is 2. The van der Waals surface area contributed by atoms with Gasteiger partial charge in [-0.2, -0.15) is 0 Å². The molecule has 0 N–H and O–H groups in total. The van der Waals surface area contributed by atoms with Gasteiger partial charge in [0, 0.05) is 6.42 Å². The van der Waals surface area contributed by atoms with Gasteiger partial charge in [-0.05, 0) is 67.9 Å². The predicted octanol–water partition coefficient (Wildman–Crippen LogP) is 5.18. The number of rotatable bonds is 4. The van der Waals surface area contributed by atoms with Crippen LogP contribution in [0.1, 0.15) is 64.4 Å². The average Bonchev–Trinajstić information content (AvgIpc) is 3.10. The first-order valence-electron chi connectivity index (χ1n) is 8.85. The lowest BCUT2D eigenvalue weighted by Crippen LogP contribution is -2.12. The highest BCUT2D eigenvalue weighted by Gasteiger charge is 2.19. The molecular formula is C20H28O3. The number of hydrogen-bond donors (Lipinski definition) is 0. The highest BCUT2D eigenvalue weighted by molar-refractivity contribution is 5.98. The summed E-state index contributed by atoms with van der Waals surface area (Å²) in [5.74, 6) is 1.81. The largest absolute Gasteiger partial charge is 0.493 e. The van der Waals surface area contributed by atoms with Gasteiger partial charge in [0.1, 0.15) is 0 Å². The highest BCUT2D eigenvalue weighted by Crippen LogP contribution is 2.35. The zero-order valence-electron chi connectivity index (χ0n) is 14.6. The van der Waals surface area contributed by atoms with Crippen LogP contribution in [0.3, 0.4) is 0 Å². The third-order valence-corrected chi connectivity index (χ3v) is 4.33. The van der Waals surface area contributed by atoms with Crippen LogP contribution in [0.4, 0.5) is 0 Å². The van der Waals surface area contributed by atoms with Gasteiger partial charge in [0.05, 0.1) is 13.2 Å². The summed E-state index contributed by atoms with van der Waals surface area (Å²) >= 11 is 0. The molecule has 0 aromatic heterocycles. The molecule has 1 fully saturated rings. The summed E-state index contributed by atoms with van der Waals surface area (Å²) in [6, 6.07) is 5.99. The van der Waals surface area contributed by atoms with Crippen molar-refractivity contribution in [1.29, 1.82) is 0 Å². The molecule has 23 heavy (non-hydrogen) atoms. The van der Waals surface area contributed by atoms with Crippen LogP contribution in [-0.4, -0.2) is 19.0 Å². The summed E-state index contributed by atoms with van der Waals surface area (Å²) in [5.41, 5.74) is 2.20. The van der Waals surface area contributed by atoms with Crippen LogP contribution in [0.5, 0.6) is 11.5 Å². The van der Waals surface area contributed by atoms with Gasteiger partial charge in [-0.25, -0.2) is 0 Å². The maximum Gasteiger partial charge on any atom is 0.162 e. The van der Waals surface area contributed by atoms with E-state index >= 15 is 0 Å². The van der Waals surface area contributed by atoms with Crippen molar-refractivity contribution in [3.05, 3.63) is 29.8 Å². The average molecular weight is 316 g/mol. The third kappa shape index (κ3) is 4.60. The molecule has 1 aromatic carbocycles. The van der Waals surface area contributed by atoms with Crippen molar-refractivity contribution >= 4 is 11.4 Å². The number of carbonyl (C=O) groups excluding carboxylic acids is 1. The molecule has 0 bridgehead atoms. The summed E-state index contributed by atoms with van der Waals surface area (Å²) in [5, 5.41) is 0. The normalized spacial score (nSPS) is 18.0. The van der Waals surface area contributed by atoms with E-state index in [0.717, 1.165) is 48.3 Å². The fourth-order valence-electron chi connectivity index (χ4n) is 3.17. The second-order valence-electron chi connectivity index (χ2n) is 5.88. The van der Waals surface area contributed by atoms with Gasteiger partial charge in [0.2, 0.25) is 0 Å². The Kier molecular flexibility index (Phi) is 6.69. The van der Waals surface area contributed by atoms with E-state index in [-0.39, 0.29) is 5.78 Å². The van der Waals surface area contributed by atoms with Crippen LogP contribution in [-0.2, 0) is 4.79 Å². The fraction of sp³-hybridized carbons (Fsp3) is 0.550. The molecule has 3 heteroatoms. The van der Waals surface area contributed by atoms with Gasteiger partial charge in [0.15, 0.2) is 17.3 Å². The van der Waals surface area contributed by atoms with E-state index < -0.39 is 0 Å². The first-order valence-corrected chi connectivity index (χ1v) is 8.85. The summed E-state index contributed by atoms with van der Waals surface area (Å²) in [6.45, 7) is 4.00. The van der Waals surface area contributed by atoms with Crippen LogP contribution in [0.2, 0.25) is 0 Å². The van der Waals surface area contributed by atoms with Gasteiger partial charge in [-0.3, -0.25) is 4.79 Å². The SMILES string of the molecule is CC.COc1ccc(C2=CC(=O)CCC2)cc1OC1CCCC1. The number of carbonyl (C=O) groups is 1. The molecule has 0 spiro atoms. The minimum absolute atomic E-state index is 0.227. The Bertz CT molecular complexity index is 554. The summed E-state index contributed by atoms with van der Waals surface area (Å²) in [4.78, 5) is 11.6. The van der Waals surface area contributed by atoms with Gasteiger partial charge in [-0.1, -0.05) is 19.9 Å². The minimum atomic E-state index is 0.227. The molecule has 1 aromatic rings. The van der Waals surface area contributed by atoms with E-state index in [4.69, 9.17) is 9.47 Å². The van der Waals surface area contributed by atoms with Crippen LogP contribution < -0.4 is 9.47 Å². The maximum absolute atomic E-state index is 11.6. The molecule has 0 atom stereocenters. The monoisotopic (exact) mass is 316 g/mol. The first-order chi connectivity index (χ1) is 11.3. The molecule has 1 saturated carbocycles. The Morgan fingerprint density at radius 2 is 1.74 bits per heavy atom. The van der Waals surface area contributed by atoms with E-state index in [2.05, 4.69) is 0 Å². The molecule has 2 aliphatic rings. The Balaban J connectivity index is 0.000000924. The van der Waals surface area contributed by atoms with Gasteiger partial charge < -0.3 is 9.47 Å². The Labute approximate surface area is 139 Å². The van der Waals surface area contributed by atoms with Gasteiger partial charge in [-0.15, -0.1) is 0 Å². The quantitative estimate of drug-likeness (QED) is 0.768. The molecule has 0 amide bonds. The lowest BCUT2D eigenvalue weighted by molar-refractivity contribution is -0.114. The highest BCUT2D eigenvalue weighted by atomic mass is 16.5. The number of benzene rings is 1. The fourth-order valence-corrected chi connectivity index (χ4v) is 3.17. The Hall–Kier alpha value is -1.77. The predicted molar refractivity (Wildman–Crippen MR) is 94.1 cm³/mol. The van der Waals surface area contributed by atoms with Gasteiger partial charge in [0.25, 0.3) is 0 Å². The zero-order valence-corrected chi connectivity index (χ0v) is 14.6. The van der Waals surface area contributed by atoms with Crippen LogP contribution in [0.25, 0.3) is 5.57 Å². The van der Waals surface area contributed by atoms with Crippen molar-refractivity contribution in [3.63, 3.8) is 0 Å². The zero-order chi connectivity index (χ0) is 16.7. The molecule has 0 radical (unpaired) electrons. The van der Waals surface area contributed by atoms with Crippen molar-refractivity contribution in [3.8, 4) is 11.5 Å². The number of ketones is 1. The van der Waals surface area contributed by atoms with Crippen LogP contribution >= 0.6 is 0 Å². The van der Waals surface area contributed by atoms with E-state index in [0.29, 0.717) is 12.5 Å². The summed E-state index contributed by atoms with van der Waals surface area (Å²) in [6.07, 6.45) is 9.38. The third-order valence-electron chi connectivity index (χ3n) is 4.33. The van der Waals surface area contributed by atoms with Crippen molar-refractivity contribution in [2.24, 2.45) is 0 Å². The van der Waals surface area contributed by atoms with Crippen LogP contribution in [0, 0.1) is 0 Å². The molecule has 0 heterocycles. The standard InChI is InChI=1S/C18H22O3.C2H6/c1-20-17-10-9-14(13-5-4-6-15(19)11-13)12-18(17)21-16-7-2-3-8-16;1-2/h9-12,16H,2-8H2,1H3;1-2H3. The number of ether oxygens (including phenoxy) is 2. The smallest absolute Gasteiger partial charge is 0.162 e. The topological polar surface area (TPSA) is 35.5 Å². The summed E-state index contributed by atoms with van der Waals surface area (Å²) in [7, 11) is 1.67. The lowest BCUT2D eigenvalue weighted by atomic mass is 9.93. The number of methoxy groups -OCH3 is 1. The van der Waals surface area contributed by atoms with E-state index in [1.54, 1.807) is 13.2 Å². The Morgan fingerprint density at radius 1 is 1.00 bits per heavy atom. The molecule has 0 unspecified atom stereocenters. The molecule has 3 rings (SSSR count). The molecule has 3 nitrogen and oxygen atoms in total. The van der Waals surface area contributed by atoms with Crippen LogP contribution in [0.15, 0.2) is 24.3 Å². The molecule has 2 aliphatic carbocycles. The first kappa shape index (κ1) is 17.6. The van der Waals surface area contributed by atoms with E-state index in [1.807, 2.05) is 32.0 Å². The van der Waals surface area contributed by atoms with Gasteiger partial charge >= 0.3 is 0 Å². The molecule has 0 aliphatic heterocycles. The van der Waals surface area contributed by atoms with Crippen molar-refractivity contribution in [2.75, 3.05) is 7.11 Å². The maximum atomic E-state index is 11.6. The van der Waals surface area contributed by atoms with Crippen molar-refractivity contribution in [2.45, 2.75) is 64.9 Å².